The maximum atomic E-state index is 13.1. The molecule has 2 aromatic carbocycles. The zero-order chi connectivity index (χ0) is 22.7. The van der Waals surface area contributed by atoms with Gasteiger partial charge in [0, 0.05) is 24.6 Å². The van der Waals surface area contributed by atoms with E-state index in [9.17, 15) is 23.2 Å². The second-order valence-electron chi connectivity index (χ2n) is 8.08. The summed E-state index contributed by atoms with van der Waals surface area (Å²) in [6.45, 7) is 1.22. The highest BCUT2D eigenvalue weighted by Crippen LogP contribution is 2.22. The molecule has 8 heteroatoms. The molecular weight excluding hydrogens is 415 g/mol. The van der Waals surface area contributed by atoms with E-state index < -0.39 is 12.4 Å². The van der Waals surface area contributed by atoms with E-state index in [0.717, 1.165) is 0 Å². The Bertz CT molecular complexity index is 1230. The van der Waals surface area contributed by atoms with E-state index in [1.807, 2.05) is 0 Å². The van der Waals surface area contributed by atoms with Crippen LogP contribution in [0.15, 0.2) is 58.1 Å². The van der Waals surface area contributed by atoms with E-state index in [-0.39, 0.29) is 36.2 Å². The SMILES string of the molecule is O=C(c1ccc(F)cc1)C1CCN(CCn2c(=O)c3ccccc3n(CC[18F])c2=O)CC1. The number of carbonyl (C=O) groups excluding carboxylic acids is 1. The fourth-order valence-electron chi connectivity index (χ4n) is 4.38. The highest BCUT2D eigenvalue weighted by molar-refractivity contribution is 5.97. The first-order valence-corrected chi connectivity index (χ1v) is 10.8. The Labute approximate surface area is 183 Å². The molecule has 0 unspecified atom stereocenters. The maximum absolute atomic E-state index is 13.1. The van der Waals surface area contributed by atoms with Crippen LogP contribution in [0.4, 0.5) is 8.78 Å². The molecular formula is C24H25F2N3O3. The third-order valence-corrected chi connectivity index (χ3v) is 6.17. The minimum Gasteiger partial charge on any atom is -0.302 e. The van der Waals surface area contributed by atoms with Gasteiger partial charge >= 0.3 is 5.69 Å². The molecule has 0 bridgehead atoms. The third kappa shape index (κ3) is 4.41. The Kier molecular flexibility index (Phi) is 6.60. The third-order valence-electron chi connectivity index (χ3n) is 6.17. The van der Waals surface area contributed by atoms with Crippen molar-refractivity contribution in [3.05, 3.63) is 80.7 Å². The minimum atomic E-state index is -0.697. The maximum Gasteiger partial charge on any atom is 0.331 e. The van der Waals surface area contributed by atoms with Crippen molar-refractivity contribution in [1.29, 1.82) is 0 Å². The number of nitrogens with zero attached hydrogens (tertiary/aromatic N) is 3. The largest absolute Gasteiger partial charge is 0.331 e. The number of likely N-dealkylation sites (tertiary alicyclic amines) is 1. The van der Waals surface area contributed by atoms with Crippen LogP contribution in [0.1, 0.15) is 23.2 Å². The van der Waals surface area contributed by atoms with Crippen LogP contribution in [-0.4, -0.2) is 46.1 Å². The first-order chi connectivity index (χ1) is 15.5. The van der Waals surface area contributed by atoms with Crippen LogP contribution in [0, 0.1) is 11.7 Å². The van der Waals surface area contributed by atoms with Crippen molar-refractivity contribution >= 4 is 16.7 Å². The second kappa shape index (κ2) is 9.56. The quantitative estimate of drug-likeness (QED) is 0.530. The molecule has 0 N–H and O–H groups in total. The van der Waals surface area contributed by atoms with Gasteiger partial charge in [-0.05, 0) is 62.3 Å². The summed E-state index contributed by atoms with van der Waals surface area (Å²) in [6.07, 6.45) is 1.32. The van der Waals surface area contributed by atoms with Gasteiger partial charge in [0.25, 0.3) is 5.56 Å². The molecule has 0 atom stereocenters. The van der Waals surface area contributed by atoms with Crippen LogP contribution in [0.25, 0.3) is 10.9 Å². The molecule has 168 valence electrons. The molecule has 32 heavy (non-hydrogen) atoms. The Morgan fingerprint density at radius 2 is 1.59 bits per heavy atom. The Hall–Kier alpha value is -3.13. The molecule has 0 saturated carbocycles. The fourth-order valence-corrected chi connectivity index (χ4v) is 4.38. The number of fused-ring (bicyclic) bond motifs is 1. The van der Waals surface area contributed by atoms with E-state index >= 15 is 0 Å². The molecule has 1 saturated heterocycles. The number of piperidine rings is 1. The predicted molar refractivity (Wildman–Crippen MR) is 118 cm³/mol. The molecule has 2 heterocycles. The van der Waals surface area contributed by atoms with Gasteiger partial charge in [-0.25, -0.2) is 13.6 Å². The zero-order valence-corrected chi connectivity index (χ0v) is 17.7. The Morgan fingerprint density at radius 1 is 0.906 bits per heavy atom. The summed E-state index contributed by atoms with van der Waals surface area (Å²) in [5, 5.41) is 0.393. The Morgan fingerprint density at radius 3 is 2.28 bits per heavy atom. The number of halogens is 2. The molecule has 1 fully saturated rings. The van der Waals surface area contributed by atoms with E-state index in [0.29, 0.717) is 48.9 Å². The lowest BCUT2D eigenvalue weighted by atomic mass is 9.89. The summed E-state index contributed by atoms with van der Waals surface area (Å²) in [4.78, 5) is 40.5. The van der Waals surface area contributed by atoms with Crippen LogP contribution >= 0.6 is 0 Å². The van der Waals surface area contributed by atoms with E-state index in [1.54, 1.807) is 24.3 Å². The average molecular weight is 440 g/mol. The zero-order valence-electron chi connectivity index (χ0n) is 17.7. The van der Waals surface area contributed by atoms with Crippen LogP contribution < -0.4 is 11.2 Å². The van der Waals surface area contributed by atoms with Gasteiger partial charge in [0.15, 0.2) is 5.78 Å². The number of Topliss-reactive ketones (excluding diaryl/α,β-unsaturated/α-hetero) is 1. The van der Waals surface area contributed by atoms with Crippen molar-refractivity contribution in [3.63, 3.8) is 0 Å². The van der Waals surface area contributed by atoms with Crippen molar-refractivity contribution < 1.29 is 13.6 Å². The summed E-state index contributed by atoms with van der Waals surface area (Å²) in [5.41, 5.74) is 0.0762. The number of ketones is 1. The van der Waals surface area contributed by atoms with Gasteiger partial charge in [0.1, 0.15) is 12.5 Å². The Balaban J connectivity index is 1.44. The van der Waals surface area contributed by atoms with Crippen LogP contribution in [0.2, 0.25) is 0 Å². The molecule has 4 rings (SSSR count). The van der Waals surface area contributed by atoms with Gasteiger partial charge in [-0.3, -0.25) is 18.7 Å². The number of aromatic nitrogens is 2. The lowest BCUT2D eigenvalue weighted by Gasteiger charge is -2.31. The summed E-state index contributed by atoms with van der Waals surface area (Å²) < 4.78 is 28.6. The van der Waals surface area contributed by atoms with Crippen molar-refractivity contribution in [2.75, 3.05) is 26.3 Å². The first kappa shape index (κ1) is 22.1. The van der Waals surface area contributed by atoms with Crippen LogP contribution in [0.5, 0.6) is 0 Å². The summed E-state index contributed by atoms with van der Waals surface area (Å²) in [6, 6.07) is 12.4. The number of benzene rings is 2. The number of hydrogen-bond donors (Lipinski definition) is 0. The molecule has 0 amide bonds. The normalized spacial score (nSPS) is 15.3. The second-order valence-corrected chi connectivity index (χ2v) is 8.08. The molecule has 1 aromatic heterocycles. The summed E-state index contributed by atoms with van der Waals surface area (Å²) in [5.74, 6) is -0.475. The van der Waals surface area contributed by atoms with E-state index in [4.69, 9.17) is 0 Å². The van der Waals surface area contributed by atoms with Crippen molar-refractivity contribution in [2.24, 2.45) is 5.92 Å². The van der Waals surface area contributed by atoms with E-state index in [2.05, 4.69) is 4.90 Å². The number of aryl methyl sites for hydroxylation is 1. The van der Waals surface area contributed by atoms with Crippen molar-refractivity contribution in [2.45, 2.75) is 25.9 Å². The molecule has 0 aliphatic carbocycles. The highest BCUT2D eigenvalue weighted by Gasteiger charge is 2.26. The molecule has 1 aliphatic rings. The van der Waals surface area contributed by atoms with Gasteiger partial charge in [0.05, 0.1) is 17.4 Å². The number of alkyl halides is 1. The topological polar surface area (TPSA) is 64.3 Å². The van der Waals surface area contributed by atoms with Crippen molar-refractivity contribution in [1.82, 2.24) is 14.0 Å². The predicted octanol–water partition coefficient (Wildman–Crippen LogP) is 2.87. The smallest absolute Gasteiger partial charge is 0.302 e. The average Bonchev–Trinajstić information content (AvgIpc) is 2.82. The van der Waals surface area contributed by atoms with Gasteiger partial charge < -0.3 is 4.90 Å². The number of rotatable bonds is 7. The lowest BCUT2D eigenvalue weighted by Crippen LogP contribution is -2.44. The standard InChI is InChI=1S/C24H25F2N3O3/c25-11-14-28-21-4-2-1-3-20(21)23(31)29(24(28)32)16-15-27-12-9-18(10-13-27)22(30)17-5-7-19(26)8-6-17/h1-8,18H,9-16H2/i25-1. The van der Waals surface area contributed by atoms with Gasteiger partial charge in [-0.15, -0.1) is 0 Å². The monoisotopic (exact) mass is 440 g/mol. The molecule has 3 aromatic rings. The summed E-state index contributed by atoms with van der Waals surface area (Å²) >= 11 is 0. The number of para-hydroxylation sites is 1. The van der Waals surface area contributed by atoms with Gasteiger partial charge in [-0.2, -0.15) is 0 Å². The van der Waals surface area contributed by atoms with E-state index in [1.165, 1.54) is 33.4 Å². The van der Waals surface area contributed by atoms with Crippen molar-refractivity contribution in [3.8, 4) is 0 Å². The first-order valence-electron chi connectivity index (χ1n) is 10.8. The highest BCUT2D eigenvalue weighted by atomic mass is 19.1. The van der Waals surface area contributed by atoms with Crippen LogP contribution in [-0.2, 0) is 13.1 Å². The minimum absolute atomic E-state index is 0.0181. The molecule has 0 spiro atoms. The molecule has 1 aliphatic heterocycles. The molecule has 0 radical (unpaired) electrons. The fraction of sp³-hybridized carbons (Fsp3) is 0.375. The summed E-state index contributed by atoms with van der Waals surface area (Å²) in [7, 11) is 0. The lowest BCUT2D eigenvalue weighted by molar-refractivity contribution is 0.0837. The van der Waals surface area contributed by atoms with Gasteiger partial charge in [-0.1, -0.05) is 12.1 Å². The number of hydrogen-bond acceptors (Lipinski definition) is 4. The van der Waals surface area contributed by atoms with Crippen LogP contribution in [0.3, 0.4) is 0 Å². The van der Waals surface area contributed by atoms with Gasteiger partial charge in [0.2, 0.25) is 0 Å². The number of carbonyl (C=O) groups is 1. The molecule has 6 nitrogen and oxygen atoms in total.